The molecule has 5 nitrogen and oxygen atoms in total. The number of carbonyl (C=O) groups is 2. The first-order valence-corrected chi connectivity index (χ1v) is 9.38. The predicted octanol–water partition coefficient (Wildman–Crippen LogP) is 4.25. The molecule has 0 spiro atoms. The number of nitrogens with zero attached hydrogens (tertiary/aromatic N) is 1. The number of esters is 1. The van der Waals surface area contributed by atoms with Crippen LogP contribution in [0.1, 0.15) is 53.3 Å². The van der Waals surface area contributed by atoms with Crippen molar-refractivity contribution in [2.24, 2.45) is 0 Å². The topological polar surface area (TPSA) is 66.8 Å². The van der Waals surface area contributed by atoms with E-state index in [0.29, 0.717) is 17.2 Å². The molecule has 2 aromatic carbocycles. The third kappa shape index (κ3) is 3.97. The first kappa shape index (κ1) is 19.0. The van der Waals surface area contributed by atoms with Gasteiger partial charge in [0.25, 0.3) is 5.91 Å². The minimum absolute atomic E-state index is 0.0214. The second-order valence-electron chi connectivity index (χ2n) is 6.86. The summed E-state index contributed by atoms with van der Waals surface area (Å²) in [7, 11) is 1.30. The molecule has 1 atom stereocenters. The van der Waals surface area contributed by atoms with Crippen LogP contribution in [-0.2, 0) is 4.74 Å². The van der Waals surface area contributed by atoms with Gasteiger partial charge in [0.05, 0.1) is 12.7 Å². The molecule has 1 unspecified atom stereocenters. The highest BCUT2D eigenvalue weighted by molar-refractivity contribution is 5.96. The molecule has 2 aromatic rings. The summed E-state index contributed by atoms with van der Waals surface area (Å²) in [6.45, 7) is 2.91. The van der Waals surface area contributed by atoms with E-state index in [1.807, 2.05) is 23.1 Å². The molecule has 3 rings (SSSR count). The fourth-order valence-electron chi connectivity index (χ4n) is 3.70. The molecule has 0 aromatic heterocycles. The molecule has 1 saturated heterocycles. The van der Waals surface area contributed by atoms with Crippen molar-refractivity contribution in [3.8, 4) is 16.9 Å². The number of benzene rings is 2. The average Bonchev–Trinajstić information content (AvgIpc) is 2.72. The Labute approximate surface area is 159 Å². The lowest BCUT2D eigenvalue weighted by Crippen LogP contribution is -2.43. The summed E-state index contributed by atoms with van der Waals surface area (Å²) < 4.78 is 4.68. The van der Waals surface area contributed by atoms with Crippen molar-refractivity contribution in [1.29, 1.82) is 0 Å². The molecule has 0 aliphatic carbocycles. The van der Waals surface area contributed by atoms with Gasteiger partial charge in [0.15, 0.2) is 0 Å². The zero-order valence-corrected chi connectivity index (χ0v) is 15.8. The van der Waals surface area contributed by atoms with Gasteiger partial charge in [-0.3, -0.25) is 4.79 Å². The standard InChI is InChI=1S/C22H25NO4/c1-3-18-9-4-5-12-23(18)21(25)16-8-6-7-15(13-16)19-11-10-17(14-20(19)24)22(26)27-2/h6-8,10-11,13-14,18,24H,3-5,9,12H2,1-2H3. The van der Waals surface area contributed by atoms with Crippen LogP contribution in [0.15, 0.2) is 42.5 Å². The summed E-state index contributed by atoms with van der Waals surface area (Å²) in [5, 5.41) is 10.3. The molecular weight excluding hydrogens is 342 g/mol. The van der Waals surface area contributed by atoms with Crippen LogP contribution in [0.2, 0.25) is 0 Å². The number of phenolic OH excluding ortho intramolecular Hbond substituents is 1. The van der Waals surface area contributed by atoms with Crippen LogP contribution >= 0.6 is 0 Å². The number of likely N-dealkylation sites (tertiary alicyclic amines) is 1. The summed E-state index contributed by atoms with van der Waals surface area (Å²) >= 11 is 0. The van der Waals surface area contributed by atoms with E-state index in [2.05, 4.69) is 11.7 Å². The number of aromatic hydroxyl groups is 1. The predicted molar refractivity (Wildman–Crippen MR) is 104 cm³/mol. The monoisotopic (exact) mass is 367 g/mol. The second kappa shape index (κ2) is 8.25. The van der Waals surface area contributed by atoms with Crippen LogP contribution < -0.4 is 0 Å². The van der Waals surface area contributed by atoms with Crippen molar-refractivity contribution >= 4 is 11.9 Å². The molecule has 1 amide bonds. The van der Waals surface area contributed by atoms with E-state index < -0.39 is 5.97 Å². The fourth-order valence-corrected chi connectivity index (χ4v) is 3.70. The van der Waals surface area contributed by atoms with E-state index in [1.54, 1.807) is 18.2 Å². The Kier molecular flexibility index (Phi) is 5.79. The quantitative estimate of drug-likeness (QED) is 0.821. The molecule has 5 heteroatoms. The van der Waals surface area contributed by atoms with Crippen LogP contribution in [0.25, 0.3) is 11.1 Å². The Morgan fingerprint density at radius 2 is 1.96 bits per heavy atom. The Morgan fingerprint density at radius 1 is 1.15 bits per heavy atom. The van der Waals surface area contributed by atoms with Gasteiger partial charge in [-0.1, -0.05) is 19.1 Å². The number of hydrogen-bond acceptors (Lipinski definition) is 4. The molecule has 1 aliphatic rings. The molecule has 0 bridgehead atoms. The highest BCUT2D eigenvalue weighted by Gasteiger charge is 2.26. The zero-order chi connectivity index (χ0) is 19.4. The SMILES string of the molecule is CCC1CCCCN1C(=O)c1cccc(-c2ccc(C(=O)OC)cc2O)c1. The minimum atomic E-state index is -0.503. The maximum atomic E-state index is 13.0. The van der Waals surface area contributed by atoms with Gasteiger partial charge in [-0.05, 0) is 61.6 Å². The van der Waals surface area contributed by atoms with E-state index in [4.69, 9.17) is 0 Å². The smallest absolute Gasteiger partial charge is 0.337 e. The van der Waals surface area contributed by atoms with Crippen molar-refractivity contribution in [2.45, 2.75) is 38.6 Å². The molecular formula is C22H25NO4. The molecule has 142 valence electrons. The van der Waals surface area contributed by atoms with Crippen molar-refractivity contribution in [1.82, 2.24) is 4.90 Å². The summed E-state index contributed by atoms with van der Waals surface area (Å²) in [4.78, 5) is 26.6. The van der Waals surface area contributed by atoms with Crippen LogP contribution in [0.4, 0.5) is 0 Å². The number of rotatable bonds is 4. The van der Waals surface area contributed by atoms with Crippen molar-refractivity contribution in [2.75, 3.05) is 13.7 Å². The molecule has 1 N–H and O–H groups in total. The lowest BCUT2D eigenvalue weighted by Gasteiger charge is -2.35. The van der Waals surface area contributed by atoms with Crippen LogP contribution in [0.3, 0.4) is 0 Å². The third-order valence-electron chi connectivity index (χ3n) is 5.20. The minimum Gasteiger partial charge on any atom is -0.507 e. The fraction of sp³-hybridized carbons (Fsp3) is 0.364. The van der Waals surface area contributed by atoms with E-state index in [9.17, 15) is 14.7 Å². The van der Waals surface area contributed by atoms with Gasteiger partial charge in [-0.2, -0.15) is 0 Å². The second-order valence-corrected chi connectivity index (χ2v) is 6.86. The molecule has 1 fully saturated rings. The number of hydrogen-bond donors (Lipinski definition) is 1. The summed E-state index contributed by atoms with van der Waals surface area (Å²) in [6, 6.07) is 12.2. The first-order valence-electron chi connectivity index (χ1n) is 9.38. The largest absolute Gasteiger partial charge is 0.507 e. The van der Waals surface area contributed by atoms with Crippen LogP contribution in [-0.4, -0.2) is 41.6 Å². The highest BCUT2D eigenvalue weighted by Crippen LogP contribution is 2.31. The normalized spacial score (nSPS) is 16.8. The molecule has 1 heterocycles. The van der Waals surface area contributed by atoms with Crippen molar-refractivity contribution < 1.29 is 19.4 Å². The van der Waals surface area contributed by atoms with Gasteiger partial charge >= 0.3 is 5.97 Å². The van der Waals surface area contributed by atoms with Crippen molar-refractivity contribution in [3.05, 3.63) is 53.6 Å². The maximum absolute atomic E-state index is 13.0. The molecule has 27 heavy (non-hydrogen) atoms. The number of ether oxygens (including phenoxy) is 1. The Hall–Kier alpha value is -2.82. The third-order valence-corrected chi connectivity index (χ3v) is 5.20. The lowest BCUT2D eigenvalue weighted by molar-refractivity contribution is 0.0595. The van der Waals surface area contributed by atoms with Gasteiger partial charge in [0.1, 0.15) is 5.75 Å². The maximum Gasteiger partial charge on any atom is 0.337 e. The lowest BCUT2D eigenvalue weighted by atomic mass is 9.97. The van der Waals surface area contributed by atoms with E-state index in [-0.39, 0.29) is 17.2 Å². The van der Waals surface area contributed by atoms with E-state index in [0.717, 1.165) is 31.4 Å². The van der Waals surface area contributed by atoms with Crippen LogP contribution in [0, 0.1) is 0 Å². The molecule has 0 saturated carbocycles. The van der Waals surface area contributed by atoms with Crippen LogP contribution in [0.5, 0.6) is 5.75 Å². The van der Waals surface area contributed by atoms with Gasteiger partial charge in [0.2, 0.25) is 0 Å². The Balaban J connectivity index is 1.89. The number of phenols is 1. The number of carbonyl (C=O) groups excluding carboxylic acids is 2. The first-order chi connectivity index (χ1) is 13.0. The van der Waals surface area contributed by atoms with Crippen molar-refractivity contribution in [3.63, 3.8) is 0 Å². The molecule has 0 radical (unpaired) electrons. The summed E-state index contributed by atoms with van der Waals surface area (Å²) in [5.74, 6) is -0.488. The number of piperidine rings is 1. The van der Waals surface area contributed by atoms with Gasteiger partial charge < -0.3 is 14.7 Å². The van der Waals surface area contributed by atoms with Gasteiger partial charge in [-0.15, -0.1) is 0 Å². The average molecular weight is 367 g/mol. The number of methoxy groups -OCH3 is 1. The molecule has 1 aliphatic heterocycles. The highest BCUT2D eigenvalue weighted by atomic mass is 16.5. The number of amides is 1. The Morgan fingerprint density at radius 3 is 2.67 bits per heavy atom. The van der Waals surface area contributed by atoms with Gasteiger partial charge in [0, 0.05) is 23.7 Å². The summed E-state index contributed by atoms with van der Waals surface area (Å²) in [6.07, 6.45) is 4.22. The Bertz CT molecular complexity index is 846. The van der Waals surface area contributed by atoms with E-state index >= 15 is 0 Å². The zero-order valence-electron chi connectivity index (χ0n) is 15.8. The summed E-state index contributed by atoms with van der Waals surface area (Å²) in [5.41, 5.74) is 2.21. The van der Waals surface area contributed by atoms with E-state index in [1.165, 1.54) is 19.6 Å². The van der Waals surface area contributed by atoms with Gasteiger partial charge in [-0.25, -0.2) is 4.79 Å².